The Morgan fingerprint density at radius 2 is 1.73 bits per heavy atom. The number of carbonyl (C=O) groups excluding carboxylic acids is 1. The number of nitro benzene ring substituents is 1. The molecule has 1 saturated heterocycles. The van der Waals surface area contributed by atoms with Gasteiger partial charge in [0.1, 0.15) is 11.8 Å². The molecule has 2 aromatic carbocycles. The van der Waals surface area contributed by atoms with Crippen molar-refractivity contribution in [2.45, 2.75) is 12.1 Å². The highest BCUT2D eigenvalue weighted by molar-refractivity contribution is 6.30. The number of hydrogen-bond acceptors (Lipinski definition) is 4. The fourth-order valence-corrected chi connectivity index (χ4v) is 2.34. The van der Waals surface area contributed by atoms with Crippen molar-refractivity contribution >= 4 is 23.2 Å². The van der Waals surface area contributed by atoms with E-state index in [0.717, 1.165) is 5.56 Å². The van der Waals surface area contributed by atoms with Gasteiger partial charge >= 0.3 is 0 Å². The van der Waals surface area contributed by atoms with E-state index in [1.54, 1.807) is 36.4 Å². The molecule has 1 heterocycles. The molecule has 112 valence electrons. The van der Waals surface area contributed by atoms with Crippen molar-refractivity contribution in [3.63, 3.8) is 0 Å². The minimum atomic E-state index is -0.664. The summed E-state index contributed by atoms with van der Waals surface area (Å²) in [7, 11) is 0. The first kappa shape index (κ1) is 14.3. The zero-order valence-corrected chi connectivity index (χ0v) is 12.0. The van der Waals surface area contributed by atoms with Gasteiger partial charge in [-0.15, -0.1) is 0 Å². The molecular weight excluding hydrogens is 308 g/mol. The Morgan fingerprint density at radius 1 is 1.09 bits per heavy atom. The molecule has 0 bridgehead atoms. The molecule has 1 N–H and O–H groups in total. The van der Waals surface area contributed by atoms with Gasteiger partial charge in [-0.3, -0.25) is 14.9 Å². The quantitative estimate of drug-likeness (QED) is 0.534. The highest BCUT2D eigenvalue weighted by atomic mass is 35.5. The van der Waals surface area contributed by atoms with E-state index in [9.17, 15) is 14.9 Å². The van der Waals surface area contributed by atoms with Crippen LogP contribution in [0.15, 0.2) is 48.5 Å². The van der Waals surface area contributed by atoms with E-state index in [0.29, 0.717) is 10.8 Å². The molecule has 3 rings (SSSR count). The van der Waals surface area contributed by atoms with Crippen LogP contribution in [0.25, 0.3) is 0 Å². The van der Waals surface area contributed by atoms with E-state index in [2.05, 4.69) is 5.32 Å². The number of benzene rings is 2. The summed E-state index contributed by atoms with van der Waals surface area (Å²) in [4.78, 5) is 21.9. The molecule has 22 heavy (non-hydrogen) atoms. The average Bonchev–Trinajstić information content (AvgIpc) is 2.52. The van der Waals surface area contributed by atoms with Gasteiger partial charge < -0.3 is 10.1 Å². The van der Waals surface area contributed by atoms with Gasteiger partial charge in [0.25, 0.3) is 11.6 Å². The van der Waals surface area contributed by atoms with Crippen molar-refractivity contribution in [3.05, 3.63) is 69.2 Å². The van der Waals surface area contributed by atoms with Gasteiger partial charge in [-0.1, -0.05) is 11.6 Å². The molecule has 2 atom stereocenters. The second kappa shape index (κ2) is 5.65. The second-order valence-corrected chi connectivity index (χ2v) is 5.26. The fourth-order valence-electron chi connectivity index (χ4n) is 2.21. The molecule has 6 nitrogen and oxygen atoms in total. The average molecular weight is 319 g/mol. The number of nitro groups is 1. The van der Waals surface area contributed by atoms with E-state index < -0.39 is 11.0 Å². The number of β-lactam (4-membered cyclic amide) rings is 1. The van der Waals surface area contributed by atoms with Gasteiger partial charge in [0, 0.05) is 17.2 Å². The summed E-state index contributed by atoms with van der Waals surface area (Å²) < 4.78 is 5.66. The lowest BCUT2D eigenvalue weighted by molar-refractivity contribution is -0.384. The molecule has 1 aliphatic rings. The summed E-state index contributed by atoms with van der Waals surface area (Å²) in [5, 5.41) is 14.0. The largest absolute Gasteiger partial charge is 0.478 e. The predicted octanol–water partition coefficient (Wildman–Crippen LogP) is 2.87. The number of ether oxygens (including phenoxy) is 1. The number of halogens is 1. The van der Waals surface area contributed by atoms with E-state index in [1.165, 1.54) is 12.1 Å². The lowest BCUT2D eigenvalue weighted by atomic mass is 9.93. The van der Waals surface area contributed by atoms with Crippen molar-refractivity contribution in [2.24, 2.45) is 0 Å². The summed E-state index contributed by atoms with van der Waals surface area (Å²) in [5.41, 5.74) is 0.758. The van der Waals surface area contributed by atoms with Crippen molar-refractivity contribution in [2.75, 3.05) is 0 Å². The Morgan fingerprint density at radius 3 is 2.27 bits per heavy atom. The first-order valence-electron chi connectivity index (χ1n) is 6.51. The maximum Gasteiger partial charge on any atom is 0.269 e. The molecular formula is C15H11ClN2O4. The first-order chi connectivity index (χ1) is 10.5. The minimum absolute atomic E-state index is 0.00423. The highest BCUT2D eigenvalue weighted by Gasteiger charge is 2.42. The van der Waals surface area contributed by atoms with E-state index >= 15 is 0 Å². The number of non-ortho nitro benzene ring substituents is 1. The van der Waals surface area contributed by atoms with E-state index in [1.807, 2.05) is 0 Å². The molecule has 1 amide bonds. The van der Waals surface area contributed by atoms with E-state index in [-0.39, 0.29) is 17.6 Å². The SMILES string of the molecule is O=C1N[C@@H](c2ccc([N+](=O)[O-])cc2)[C@H]1Oc1ccc(Cl)cc1. The van der Waals surface area contributed by atoms with Gasteiger partial charge in [-0.25, -0.2) is 0 Å². The van der Waals surface area contributed by atoms with Gasteiger partial charge in [0.05, 0.1) is 4.92 Å². The molecule has 0 radical (unpaired) electrons. The number of nitrogens with zero attached hydrogens (tertiary/aromatic N) is 1. The monoisotopic (exact) mass is 318 g/mol. The van der Waals surface area contributed by atoms with Gasteiger partial charge in [0.2, 0.25) is 6.10 Å². The van der Waals surface area contributed by atoms with Crippen LogP contribution in [-0.2, 0) is 4.79 Å². The lowest BCUT2D eigenvalue weighted by Crippen LogP contribution is -2.58. The molecule has 1 fully saturated rings. The molecule has 0 aromatic heterocycles. The Bertz CT molecular complexity index is 715. The zero-order chi connectivity index (χ0) is 15.7. The third-order valence-electron chi connectivity index (χ3n) is 3.40. The van der Waals surface area contributed by atoms with E-state index in [4.69, 9.17) is 16.3 Å². The number of carbonyl (C=O) groups is 1. The van der Waals surface area contributed by atoms with Crippen LogP contribution >= 0.6 is 11.6 Å². The molecule has 7 heteroatoms. The third kappa shape index (κ3) is 2.73. The first-order valence-corrected chi connectivity index (χ1v) is 6.89. The third-order valence-corrected chi connectivity index (χ3v) is 3.65. The summed E-state index contributed by atoms with van der Waals surface area (Å²) >= 11 is 5.80. The molecule has 0 saturated carbocycles. The second-order valence-electron chi connectivity index (χ2n) is 4.83. The smallest absolute Gasteiger partial charge is 0.269 e. The molecule has 0 aliphatic carbocycles. The van der Waals surface area contributed by atoms with Gasteiger partial charge in [0.15, 0.2) is 0 Å². The summed E-state index contributed by atoms with van der Waals surface area (Å²) in [5.74, 6) is 0.314. The standard InChI is InChI=1S/C15H11ClN2O4/c16-10-3-7-12(8-4-10)22-14-13(17-15(14)19)9-1-5-11(6-2-9)18(20)21/h1-8,13-14H,(H,17,19)/t13-,14+/m0/s1. The minimum Gasteiger partial charge on any atom is -0.478 e. The molecule has 1 aliphatic heterocycles. The fraction of sp³-hybridized carbons (Fsp3) is 0.133. The zero-order valence-electron chi connectivity index (χ0n) is 11.2. The molecule has 0 unspecified atom stereocenters. The van der Waals surface area contributed by atoms with Crippen molar-refractivity contribution in [1.29, 1.82) is 0 Å². The Balaban J connectivity index is 1.75. The van der Waals surface area contributed by atoms with Crippen LogP contribution in [0.5, 0.6) is 5.75 Å². The van der Waals surface area contributed by atoms with Gasteiger partial charge in [-0.05, 0) is 42.0 Å². The molecule has 0 spiro atoms. The summed E-state index contributed by atoms with van der Waals surface area (Å²) in [6.07, 6.45) is -0.664. The van der Waals surface area contributed by atoms with Crippen LogP contribution in [0.2, 0.25) is 5.02 Å². The van der Waals surface area contributed by atoms with Crippen LogP contribution in [0, 0.1) is 10.1 Å². The van der Waals surface area contributed by atoms with Crippen LogP contribution in [0.4, 0.5) is 5.69 Å². The summed E-state index contributed by atoms with van der Waals surface area (Å²) in [6, 6.07) is 12.4. The topological polar surface area (TPSA) is 81.5 Å². The highest BCUT2D eigenvalue weighted by Crippen LogP contribution is 2.30. The number of amides is 1. The number of rotatable bonds is 4. The van der Waals surface area contributed by atoms with Gasteiger partial charge in [-0.2, -0.15) is 0 Å². The normalized spacial score (nSPS) is 20.0. The van der Waals surface area contributed by atoms with Crippen LogP contribution in [-0.4, -0.2) is 16.9 Å². The van der Waals surface area contributed by atoms with Crippen molar-refractivity contribution < 1.29 is 14.5 Å². The lowest BCUT2D eigenvalue weighted by Gasteiger charge is -2.36. The number of nitrogens with one attached hydrogen (secondary N) is 1. The van der Waals surface area contributed by atoms with Crippen molar-refractivity contribution in [1.82, 2.24) is 5.32 Å². The van der Waals surface area contributed by atoms with Crippen LogP contribution in [0.3, 0.4) is 0 Å². The number of hydrogen-bond donors (Lipinski definition) is 1. The Labute approximate surface area is 130 Å². The molecule has 2 aromatic rings. The van der Waals surface area contributed by atoms with Crippen molar-refractivity contribution in [3.8, 4) is 5.75 Å². The maximum absolute atomic E-state index is 11.7. The summed E-state index contributed by atoms with van der Waals surface area (Å²) in [6.45, 7) is 0. The maximum atomic E-state index is 11.7. The van der Waals surface area contributed by atoms with Crippen LogP contribution in [0.1, 0.15) is 11.6 Å². The predicted molar refractivity (Wildman–Crippen MR) is 79.8 cm³/mol. The Kier molecular flexibility index (Phi) is 3.68. The van der Waals surface area contributed by atoms with Crippen LogP contribution < -0.4 is 10.1 Å². The Hall–Kier alpha value is -2.60.